The van der Waals surface area contributed by atoms with Gasteiger partial charge in [-0.3, -0.25) is 19.3 Å². The summed E-state index contributed by atoms with van der Waals surface area (Å²) in [5.74, 6) is -0.297. The second-order valence-electron chi connectivity index (χ2n) is 8.18. The van der Waals surface area contributed by atoms with Gasteiger partial charge in [-0.15, -0.1) is 0 Å². The maximum atomic E-state index is 13.0. The summed E-state index contributed by atoms with van der Waals surface area (Å²) in [5.41, 5.74) is 2.18. The fraction of sp³-hybridized carbons (Fsp3) is 0.375. The van der Waals surface area contributed by atoms with Crippen LogP contribution in [-0.4, -0.2) is 60.1 Å². The molecule has 0 aromatic heterocycles. The largest absolute Gasteiger partial charge is 0.350 e. The van der Waals surface area contributed by atoms with E-state index in [0.29, 0.717) is 48.9 Å². The van der Waals surface area contributed by atoms with Gasteiger partial charge in [-0.25, -0.2) is 0 Å². The van der Waals surface area contributed by atoms with Crippen molar-refractivity contribution in [3.8, 4) is 0 Å². The molecule has 0 bridgehead atoms. The minimum atomic E-state index is -0.296. The predicted octanol–water partition coefficient (Wildman–Crippen LogP) is 2.71. The summed E-state index contributed by atoms with van der Waals surface area (Å²) < 4.78 is 11.2. The van der Waals surface area contributed by atoms with E-state index >= 15 is 0 Å². The van der Waals surface area contributed by atoms with Crippen molar-refractivity contribution in [1.82, 2.24) is 9.80 Å². The minimum absolute atomic E-state index is 0.0316. The van der Waals surface area contributed by atoms with Crippen molar-refractivity contribution in [3.63, 3.8) is 0 Å². The van der Waals surface area contributed by atoms with Gasteiger partial charge in [0.25, 0.3) is 17.7 Å². The third-order valence-corrected chi connectivity index (χ3v) is 6.25. The molecule has 31 heavy (non-hydrogen) atoms. The van der Waals surface area contributed by atoms with E-state index in [0.717, 1.165) is 18.4 Å². The van der Waals surface area contributed by atoms with Crippen LogP contribution in [0.25, 0.3) is 0 Å². The second kappa shape index (κ2) is 8.24. The van der Waals surface area contributed by atoms with Crippen LogP contribution in [0.15, 0.2) is 48.5 Å². The average molecular weight is 420 g/mol. The molecule has 0 radical (unpaired) electrons. The van der Waals surface area contributed by atoms with E-state index in [2.05, 4.69) is 0 Å². The highest BCUT2D eigenvalue weighted by Gasteiger charge is 2.35. The van der Waals surface area contributed by atoms with Crippen molar-refractivity contribution < 1.29 is 23.9 Å². The van der Waals surface area contributed by atoms with E-state index in [1.165, 1.54) is 4.90 Å². The Morgan fingerprint density at radius 1 is 0.903 bits per heavy atom. The molecule has 3 amide bonds. The van der Waals surface area contributed by atoms with Gasteiger partial charge in [-0.05, 0) is 42.7 Å². The van der Waals surface area contributed by atoms with Gasteiger partial charge in [-0.2, -0.15) is 0 Å². The molecule has 2 aromatic rings. The quantitative estimate of drug-likeness (QED) is 0.711. The Morgan fingerprint density at radius 2 is 1.55 bits per heavy atom. The van der Waals surface area contributed by atoms with E-state index in [4.69, 9.17) is 9.47 Å². The van der Waals surface area contributed by atoms with Gasteiger partial charge < -0.3 is 14.4 Å². The molecule has 0 unspecified atom stereocenters. The number of rotatable bonds is 4. The molecule has 2 saturated heterocycles. The number of carbonyl (C=O) groups is 3. The lowest BCUT2D eigenvalue weighted by Gasteiger charge is -2.34. The molecule has 3 aliphatic rings. The van der Waals surface area contributed by atoms with E-state index in [-0.39, 0.29) is 30.6 Å². The zero-order valence-corrected chi connectivity index (χ0v) is 17.2. The van der Waals surface area contributed by atoms with Crippen LogP contribution in [0.4, 0.5) is 0 Å². The number of hydrogen-bond acceptors (Lipinski definition) is 5. The topological polar surface area (TPSA) is 76.2 Å². The van der Waals surface area contributed by atoms with E-state index in [1.807, 2.05) is 11.0 Å². The van der Waals surface area contributed by atoms with Gasteiger partial charge in [0, 0.05) is 24.6 Å². The third kappa shape index (κ3) is 3.75. The van der Waals surface area contributed by atoms with Crippen LogP contribution in [0.2, 0.25) is 0 Å². The average Bonchev–Trinajstić information content (AvgIpc) is 3.43. The van der Waals surface area contributed by atoms with Crippen LogP contribution in [-0.2, 0) is 16.0 Å². The molecule has 2 aromatic carbocycles. The second-order valence-corrected chi connectivity index (χ2v) is 8.18. The summed E-state index contributed by atoms with van der Waals surface area (Å²) in [4.78, 5) is 41.4. The molecule has 160 valence electrons. The molecule has 0 spiro atoms. The van der Waals surface area contributed by atoms with Gasteiger partial charge in [0.1, 0.15) is 0 Å². The molecule has 7 heteroatoms. The van der Waals surface area contributed by atoms with Crippen LogP contribution in [0.5, 0.6) is 0 Å². The highest BCUT2D eigenvalue weighted by atomic mass is 16.7. The van der Waals surface area contributed by atoms with Crippen LogP contribution < -0.4 is 0 Å². The smallest absolute Gasteiger partial charge is 0.261 e. The van der Waals surface area contributed by atoms with E-state index < -0.39 is 0 Å². The Kier molecular flexibility index (Phi) is 5.29. The first kappa shape index (κ1) is 19.9. The number of hydrogen-bond donors (Lipinski definition) is 0. The van der Waals surface area contributed by atoms with Crippen LogP contribution in [0, 0.1) is 5.92 Å². The first-order valence-corrected chi connectivity index (χ1v) is 10.7. The van der Waals surface area contributed by atoms with Gasteiger partial charge >= 0.3 is 0 Å². The maximum Gasteiger partial charge on any atom is 0.261 e. The SMILES string of the molecule is O=C(c1cccc(CN2C(=O)c3ccccc3C2=O)c1)N1CCC(C2OCCO2)CC1. The molecule has 0 atom stereocenters. The van der Waals surface area contributed by atoms with Crippen molar-refractivity contribution in [2.45, 2.75) is 25.7 Å². The number of piperidine rings is 1. The number of nitrogens with zero attached hydrogens (tertiary/aromatic N) is 2. The zero-order valence-electron chi connectivity index (χ0n) is 17.2. The first-order valence-electron chi connectivity index (χ1n) is 10.7. The number of imide groups is 1. The molecular weight excluding hydrogens is 396 g/mol. The summed E-state index contributed by atoms with van der Waals surface area (Å²) in [5, 5.41) is 0. The van der Waals surface area contributed by atoms with Gasteiger partial charge in [0.15, 0.2) is 6.29 Å². The Labute approximate surface area is 180 Å². The number of fused-ring (bicyclic) bond motifs is 1. The Hall–Kier alpha value is -3.03. The molecule has 5 rings (SSSR count). The number of benzene rings is 2. The molecule has 3 heterocycles. The van der Waals surface area contributed by atoms with E-state index in [1.54, 1.807) is 42.5 Å². The summed E-state index contributed by atoms with van der Waals surface area (Å²) in [6.07, 6.45) is 1.57. The summed E-state index contributed by atoms with van der Waals surface area (Å²) in [6, 6.07) is 14.0. The van der Waals surface area contributed by atoms with Gasteiger partial charge in [-0.1, -0.05) is 24.3 Å². The standard InChI is InChI=1S/C24H24N2O5/c27-21(25-10-8-17(9-11-25)24-30-12-13-31-24)18-5-3-4-16(14-18)15-26-22(28)19-6-1-2-7-20(19)23(26)29/h1-7,14,17,24H,8-13,15H2. The third-order valence-electron chi connectivity index (χ3n) is 6.25. The van der Waals surface area contributed by atoms with Gasteiger partial charge in [0.05, 0.1) is 30.9 Å². The highest BCUT2D eigenvalue weighted by molar-refractivity contribution is 6.21. The van der Waals surface area contributed by atoms with Crippen molar-refractivity contribution in [1.29, 1.82) is 0 Å². The number of likely N-dealkylation sites (tertiary alicyclic amines) is 1. The molecule has 0 N–H and O–H groups in total. The number of carbonyl (C=O) groups excluding carboxylic acids is 3. The van der Waals surface area contributed by atoms with Gasteiger partial charge in [0.2, 0.25) is 0 Å². The Bertz CT molecular complexity index is 987. The van der Waals surface area contributed by atoms with Crippen LogP contribution >= 0.6 is 0 Å². The van der Waals surface area contributed by atoms with E-state index in [9.17, 15) is 14.4 Å². The lowest BCUT2D eigenvalue weighted by atomic mass is 9.95. The predicted molar refractivity (Wildman–Crippen MR) is 111 cm³/mol. The minimum Gasteiger partial charge on any atom is -0.350 e. The maximum absolute atomic E-state index is 13.0. The monoisotopic (exact) mass is 420 g/mol. The Morgan fingerprint density at radius 3 is 2.19 bits per heavy atom. The molecular formula is C24H24N2O5. The molecule has 2 fully saturated rings. The first-order chi connectivity index (χ1) is 15.1. The van der Waals surface area contributed by atoms with Crippen LogP contribution in [0.3, 0.4) is 0 Å². The zero-order chi connectivity index (χ0) is 21.4. The number of ether oxygens (including phenoxy) is 2. The molecule has 0 saturated carbocycles. The normalized spacial score (nSPS) is 19.9. The van der Waals surface area contributed by atoms with Crippen molar-refractivity contribution in [2.24, 2.45) is 5.92 Å². The Balaban J connectivity index is 1.25. The number of amides is 3. The highest BCUT2D eigenvalue weighted by Crippen LogP contribution is 2.27. The fourth-order valence-corrected chi connectivity index (χ4v) is 4.57. The summed E-state index contributed by atoms with van der Waals surface area (Å²) >= 11 is 0. The molecule has 3 aliphatic heterocycles. The lowest BCUT2D eigenvalue weighted by Crippen LogP contribution is -2.41. The van der Waals surface area contributed by atoms with Crippen molar-refractivity contribution in [2.75, 3.05) is 26.3 Å². The summed E-state index contributed by atoms with van der Waals surface area (Å²) in [6.45, 7) is 2.75. The van der Waals surface area contributed by atoms with Crippen LogP contribution in [0.1, 0.15) is 49.5 Å². The summed E-state index contributed by atoms with van der Waals surface area (Å²) in [7, 11) is 0. The molecule has 0 aliphatic carbocycles. The van der Waals surface area contributed by atoms with Crippen molar-refractivity contribution >= 4 is 17.7 Å². The lowest BCUT2D eigenvalue weighted by molar-refractivity contribution is -0.0956. The fourth-order valence-electron chi connectivity index (χ4n) is 4.57. The molecule has 7 nitrogen and oxygen atoms in total. The van der Waals surface area contributed by atoms with Crippen molar-refractivity contribution in [3.05, 3.63) is 70.8 Å².